The molecule has 0 atom stereocenters. The zero-order chi connectivity index (χ0) is 16.4. The molecule has 1 amide bonds. The predicted octanol–water partition coefficient (Wildman–Crippen LogP) is 2.18. The van der Waals surface area contributed by atoms with Crippen molar-refractivity contribution in [3.8, 4) is 0 Å². The number of hydrogen-bond donors (Lipinski definition) is 2. The number of carboxylic acid groups (broad SMARTS) is 1. The van der Waals surface area contributed by atoms with Crippen LogP contribution < -0.4 is 5.32 Å². The molecule has 1 aromatic carbocycles. The number of aromatic nitrogens is 2. The number of aliphatic carboxylic acids is 1. The predicted molar refractivity (Wildman–Crippen MR) is 84.4 cm³/mol. The van der Waals surface area contributed by atoms with E-state index in [4.69, 9.17) is 16.7 Å². The first kappa shape index (κ1) is 15.6. The van der Waals surface area contributed by atoms with Crippen molar-refractivity contribution in [2.75, 3.05) is 0 Å². The third kappa shape index (κ3) is 3.53. The number of carbonyl (C=O) groups excluding carboxylic acids is 1. The molecule has 3 rings (SSSR count). The number of halogens is 1. The van der Waals surface area contributed by atoms with Gasteiger partial charge in [-0.25, -0.2) is 0 Å². The van der Waals surface area contributed by atoms with E-state index >= 15 is 0 Å². The number of nitrogens with zero attached hydrogens (tertiary/aromatic N) is 2. The van der Waals surface area contributed by atoms with E-state index in [-0.39, 0.29) is 17.9 Å². The highest BCUT2D eigenvalue weighted by Crippen LogP contribution is 2.27. The molecule has 1 aliphatic carbocycles. The van der Waals surface area contributed by atoms with E-state index in [9.17, 15) is 9.59 Å². The monoisotopic (exact) mass is 333 g/mol. The third-order valence-electron chi connectivity index (χ3n) is 4.01. The van der Waals surface area contributed by atoms with Crippen LogP contribution in [0.3, 0.4) is 0 Å². The maximum atomic E-state index is 12.1. The van der Waals surface area contributed by atoms with Gasteiger partial charge in [-0.2, -0.15) is 5.10 Å². The SMILES string of the molecule is O=C(NC1CC(C(=O)O)C1)c1cnn(Cc2ccccc2Cl)c1. The minimum atomic E-state index is -0.803. The molecule has 2 N–H and O–H groups in total. The van der Waals surface area contributed by atoms with Gasteiger partial charge >= 0.3 is 5.97 Å². The quantitative estimate of drug-likeness (QED) is 0.878. The van der Waals surface area contributed by atoms with Crippen molar-refractivity contribution in [1.29, 1.82) is 0 Å². The Morgan fingerprint density at radius 2 is 2.09 bits per heavy atom. The Kier molecular flexibility index (Phi) is 4.34. The summed E-state index contributed by atoms with van der Waals surface area (Å²) in [6.07, 6.45) is 4.12. The summed E-state index contributed by atoms with van der Waals surface area (Å²) in [5, 5.41) is 16.5. The van der Waals surface area contributed by atoms with Crippen LogP contribution in [0.1, 0.15) is 28.8 Å². The lowest BCUT2D eigenvalue weighted by atomic mass is 9.80. The lowest BCUT2D eigenvalue weighted by Gasteiger charge is -2.32. The van der Waals surface area contributed by atoms with Crippen LogP contribution in [0.25, 0.3) is 0 Å². The summed E-state index contributed by atoms with van der Waals surface area (Å²) >= 11 is 6.11. The fourth-order valence-electron chi connectivity index (χ4n) is 2.57. The van der Waals surface area contributed by atoms with E-state index in [1.54, 1.807) is 10.9 Å². The molecular formula is C16H16ClN3O3. The largest absolute Gasteiger partial charge is 0.481 e. The number of rotatable bonds is 5. The lowest BCUT2D eigenvalue weighted by molar-refractivity contribution is -0.145. The Morgan fingerprint density at radius 3 is 2.78 bits per heavy atom. The summed E-state index contributed by atoms with van der Waals surface area (Å²) in [5.41, 5.74) is 1.38. The van der Waals surface area contributed by atoms with Crippen LogP contribution in [-0.4, -0.2) is 32.8 Å². The Hall–Kier alpha value is -2.34. The molecule has 0 aliphatic heterocycles. The number of benzene rings is 1. The second-order valence-electron chi connectivity index (χ2n) is 5.69. The topological polar surface area (TPSA) is 84.2 Å². The number of carbonyl (C=O) groups is 2. The average Bonchev–Trinajstić information content (AvgIpc) is 2.93. The van der Waals surface area contributed by atoms with Crippen molar-refractivity contribution in [3.63, 3.8) is 0 Å². The van der Waals surface area contributed by atoms with Crippen LogP contribution in [0.15, 0.2) is 36.7 Å². The normalized spacial score (nSPS) is 19.9. The van der Waals surface area contributed by atoms with Gasteiger partial charge in [0.1, 0.15) is 0 Å². The zero-order valence-electron chi connectivity index (χ0n) is 12.3. The van der Waals surface area contributed by atoms with E-state index in [1.165, 1.54) is 6.20 Å². The molecule has 120 valence electrons. The van der Waals surface area contributed by atoms with Gasteiger partial charge in [-0.15, -0.1) is 0 Å². The molecule has 23 heavy (non-hydrogen) atoms. The lowest BCUT2D eigenvalue weighted by Crippen LogP contribution is -2.46. The Bertz CT molecular complexity index is 738. The van der Waals surface area contributed by atoms with E-state index in [0.717, 1.165) is 5.56 Å². The van der Waals surface area contributed by atoms with Gasteiger partial charge in [0.25, 0.3) is 5.91 Å². The number of carboxylic acids is 1. The molecule has 7 heteroatoms. The second-order valence-corrected chi connectivity index (χ2v) is 6.10. The smallest absolute Gasteiger partial charge is 0.306 e. The molecule has 0 saturated heterocycles. The maximum absolute atomic E-state index is 12.1. The highest BCUT2D eigenvalue weighted by atomic mass is 35.5. The van der Waals surface area contributed by atoms with E-state index in [0.29, 0.717) is 30.0 Å². The number of amides is 1. The molecule has 0 radical (unpaired) electrons. The number of hydrogen-bond acceptors (Lipinski definition) is 3. The summed E-state index contributed by atoms with van der Waals surface area (Å²) < 4.78 is 1.65. The summed E-state index contributed by atoms with van der Waals surface area (Å²) in [6.45, 7) is 0.484. The van der Waals surface area contributed by atoms with Crippen LogP contribution in [0.5, 0.6) is 0 Å². The van der Waals surface area contributed by atoms with Crippen LogP contribution >= 0.6 is 11.6 Å². The van der Waals surface area contributed by atoms with Crippen LogP contribution in [0.4, 0.5) is 0 Å². The van der Waals surface area contributed by atoms with Crippen molar-refractivity contribution >= 4 is 23.5 Å². The van der Waals surface area contributed by atoms with Crippen LogP contribution in [0.2, 0.25) is 5.02 Å². The molecule has 0 unspecified atom stereocenters. The third-order valence-corrected chi connectivity index (χ3v) is 4.38. The van der Waals surface area contributed by atoms with Crippen molar-refractivity contribution in [3.05, 3.63) is 52.8 Å². The minimum Gasteiger partial charge on any atom is -0.481 e. The first-order chi connectivity index (χ1) is 11.0. The zero-order valence-corrected chi connectivity index (χ0v) is 13.0. The number of nitrogens with one attached hydrogen (secondary N) is 1. The Morgan fingerprint density at radius 1 is 1.35 bits per heavy atom. The first-order valence-electron chi connectivity index (χ1n) is 7.32. The van der Waals surface area contributed by atoms with Gasteiger partial charge in [0, 0.05) is 17.3 Å². The minimum absolute atomic E-state index is 0.0736. The fraction of sp³-hybridized carbons (Fsp3) is 0.312. The van der Waals surface area contributed by atoms with E-state index in [2.05, 4.69) is 10.4 Å². The van der Waals surface area contributed by atoms with Gasteiger partial charge < -0.3 is 10.4 Å². The molecule has 1 saturated carbocycles. The van der Waals surface area contributed by atoms with Crippen molar-refractivity contribution in [2.45, 2.75) is 25.4 Å². The molecule has 1 fully saturated rings. The summed E-state index contributed by atoms with van der Waals surface area (Å²) in [4.78, 5) is 22.9. The summed E-state index contributed by atoms with van der Waals surface area (Å²) in [7, 11) is 0. The van der Waals surface area contributed by atoms with Gasteiger partial charge in [0.2, 0.25) is 0 Å². The maximum Gasteiger partial charge on any atom is 0.306 e. The first-order valence-corrected chi connectivity index (χ1v) is 7.70. The molecular weight excluding hydrogens is 318 g/mol. The van der Waals surface area contributed by atoms with Gasteiger partial charge in [-0.05, 0) is 24.5 Å². The van der Waals surface area contributed by atoms with E-state index < -0.39 is 5.97 Å². The summed E-state index contributed by atoms with van der Waals surface area (Å²) in [6, 6.07) is 7.40. The molecule has 1 aliphatic rings. The van der Waals surface area contributed by atoms with Crippen LogP contribution in [0, 0.1) is 5.92 Å². The van der Waals surface area contributed by atoms with Crippen molar-refractivity contribution in [2.24, 2.45) is 5.92 Å². The van der Waals surface area contributed by atoms with Gasteiger partial charge in [-0.3, -0.25) is 14.3 Å². The van der Waals surface area contributed by atoms with Crippen molar-refractivity contribution in [1.82, 2.24) is 15.1 Å². The molecule has 2 aromatic rings. The molecule has 0 bridgehead atoms. The van der Waals surface area contributed by atoms with Gasteiger partial charge in [0.15, 0.2) is 0 Å². The molecule has 1 aromatic heterocycles. The Balaban J connectivity index is 1.58. The second kappa shape index (κ2) is 6.42. The van der Waals surface area contributed by atoms with Gasteiger partial charge in [0.05, 0.1) is 24.2 Å². The van der Waals surface area contributed by atoms with Crippen molar-refractivity contribution < 1.29 is 14.7 Å². The standard InChI is InChI=1S/C16H16ClN3O3/c17-14-4-2-1-3-10(14)8-20-9-12(7-18-20)15(21)19-13-5-11(6-13)16(22)23/h1-4,7,9,11,13H,5-6,8H2,(H,19,21)(H,22,23). The Labute approximate surface area is 138 Å². The molecule has 0 spiro atoms. The van der Waals surface area contributed by atoms with Gasteiger partial charge in [-0.1, -0.05) is 29.8 Å². The molecule has 6 nitrogen and oxygen atoms in total. The van der Waals surface area contributed by atoms with Crippen LogP contribution in [-0.2, 0) is 11.3 Å². The fourth-order valence-corrected chi connectivity index (χ4v) is 2.77. The highest BCUT2D eigenvalue weighted by Gasteiger charge is 2.35. The van der Waals surface area contributed by atoms with E-state index in [1.807, 2.05) is 24.3 Å². The average molecular weight is 334 g/mol. The highest BCUT2D eigenvalue weighted by molar-refractivity contribution is 6.31. The summed E-state index contributed by atoms with van der Waals surface area (Å²) in [5.74, 6) is -1.38. The molecule has 1 heterocycles.